The van der Waals surface area contributed by atoms with Crippen molar-refractivity contribution in [2.45, 2.75) is 31.8 Å². The van der Waals surface area contributed by atoms with Gasteiger partial charge in [0.1, 0.15) is 5.76 Å². The van der Waals surface area contributed by atoms with E-state index in [4.69, 9.17) is 4.74 Å². The zero-order valence-corrected chi connectivity index (χ0v) is 13.1. The van der Waals surface area contributed by atoms with Crippen molar-refractivity contribution in [2.24, 2.45) is 0 Å². The largest absolute Gasteiger partial charge is 0.508 e. The van der Waals surface area contributed by atoms with Crippen LogP contribution in [0.5, 0.6) is 0 Å². The Kier molecular flexibility index (Phi) is 4.47. The van der Waals surface area contributed by atoms with Crippen molar-refractivity contribution in [3.63, 3.8) is 0 Å². The molecule has 0 aliphatic carbocycles. The number of esters is 1. The van der Waals surface area contributed by atoms with Gasteiger partial charge in [0.2, 0.25) is 0 Å². The predicted octanol–water partition coefficient (Wildman–Crippen LogP) is 4.16. The maximum Gasteiger partial charge on any atom is 0.338 e. The van der Waals surface area contributed by atoms with Crippen LogP contribution < -0.4 is 0 Å². The molecule has 118 valence electrons. The minimum atomic E-state index is -0.585. The number of hydrogen-bond acceptors (Lipinski definition) is 3. The molecule has 2 atom stereocenters. The smallest absolute Gasteiger partial charge is 0.338 e. The molecule has 0 fully saturated rings. The third kappa shape index (κ3) is 3.14. The summed E-state index contributed by atoms with van der Waals surface area (Å²) in [6, 6.07) is 19.5. The van der Waals surface area contributed by atoms with Gasteiger partial charge in [0, 0.05) is 12.3 Å². The molecule has 2 aromatic rings. The molecule has 0 aromatic heterocycles. The summed E-state index contributed by atoms with van der Waals surface area (Å²) in [6.07, 6.45) is 0.640. The fourth-order valence-corrected chi connectivity index (χ4v) is 3.11. The lowest BCUT2D eigenvalue weighted by Crippen LogP contribution is -2.14. The van der Waals surface area contributed by atoms with Gasteiger partial charge in [0.25, 0.3) is 0 Å². The molecule has 0 saturated heterocycles. The standard InChI is InChI=1S/C20H20O3/c1-2-16(15-11-7-4-8-12-15)18-19(21)17(23-20(18)22)13-14-9-5-3-6-10-14/h3-12,16-17,21H,2,13H2,1H3. The van der Waals surface area contributed by atoms with Crippen molar-refractivity contribution < 1.29 is 14.6 Å². The average Bonchev–Trinajstić information content (AvgIpc) is 2.85. The van der Waals surface area contributed by atoms with Crippen LogP contribution in [0.15, 0.2) is 72.0 Å². The molecule has 3 nitrogen and oxygen atoms in total. The van der Waals surface area contributed by atoms with Crippen molar-refractivity contribution in [1.29, 1.82) is 0 Å². The number of benzene rings is 2. The van der Waals surface area contributed by atoms with Crippen LogP contribution in [0.3, 0.4) is 0 Å². The number of carbonyl (C=O) groups excluding carboxylic acids is 1. The fraction of sp³-hybridized carbons (Fsp3) is 0.250. The number of carbonyl (C=O) groups is 1. The normalized spacial score (nSPS) is 18.8. The van der Waals surface area contributed by atoms with E-state index in [1.165, 1.54) is 0 Å². The SMILES string of the molecule is CCC(C1=C(O)C(Cc2ccccc2)OC1=O)c1ccccc1. The van der Waals surface area contributed by atoms with Gasteiger partial charge in [-0.05, 0) is 17.5 Å². The number of aliphatic hydroxyl groups excluding tert-OH is 1. The molecule has 0 bridgehead atoms. The summed E-state index contributed by atoms with van der Waals surface area (Å²) in [5.74, 6) is -0.460. The third-order valence-electron chi connectivity index (χ3n) is 4.27. The Hall–Kier alpha value is -2.55. The van der Waals surface area contributed by atoms with Crippen LogP contribution in [0, 0.1) is 0 Å². The minimum absolute atomic E-state index is 0.0783. The van der Waals surface area contributed by atoms with Gasteiger partial charge in [-0.25, -0.2) is 4.79 Å². The van der Waals surface area contributed by atoms with Gasteiger partial charge in [-0.1, -0.05) is 67.6 Å². The Morgan fingerprint density at radius 3 is 2.26 bits per heavy atom. The molecule has 0 saturated carbocycles. The lowest BCUT2D eigenvalue weighted by atomic mass is 9.88. The zero-order chi connectivity index (χ0) is 16.2. The van der Waals surface area contributed by atoms with Crippen molar-refractivity contribution >= 4 is 5.97 Å². The summed E-state index contributed by atoms with van der Waals surface area (Å²) < 4.78 is 5.43. The monoisotopic (exact) mass is 308 g/mol. The van der Waals surface area contributed by atoms with E-state index in [0.717, 1.165) is 17.5 Å². The number of cyclic esters (lactones) is 1. The third-order valence-corrected chi connectivity index (χ3v) is 4.27. The Labute approximate surface area is 136 Å². The minimum Gasteiger partial charge on any atom is -0.508 e. The lowest BCUT2D eigenvalue weighted by Gasteiger charge is -2.14. The van der Waals surface area contributed by atoms with Crippen LogP contribution >= 0.6 is 0 Å². The van der Waals surface area contributed by atoms with Gasteiger partial charge in [-0.3, -0.25) is 0 Å². The Balaban J connectivity index is 1.89. The maximum atomic E-state index is 12.3. The Bertz CT molecular complexity index is 704. The summed E-state index contributed by atoms with van der Waals surface area (Å²) in [6.45, 7) is 2.01. The molecule has 1 heterocycles. The molecule has 2 aromatic carbocycles. The van der Waals surface area contributed by atoms with E-state index in [2.05, 4.69) is 0 Å². The maximum absolute atomic E-state index is 12.3. The second kappa shape index (κ2) is 6.69. The first kappa shape index (κ1) is 15.3. The number of rotatable bonds is 5. The van der Waals surface area contributed by atoms with Crippen LogP contribution in [0.2, 0.25) is 0 Å². The molecule has 0 spiro atoms. The number of hydrogen-bond donors (Lipinski definition) is 1. The number of ether oxygens (including phenoxy) is 1. The first-order valence-electron chi connectivity index (χ1n) is 7.93. The molecular formula is C20H20O3. The zero-order valence-electron chi connectivity index (χ0n) is 13.1. The highest BCUT2D eigenvalue weighted by Crippen LogP contribution is 2.36. The van der Waals surface area contributed by atoms with E-state index in [0.29, 0.717) is 12.0 Å². The van der Waals surface area contributed by atoms with Crippen LogP contribution in [0.4, 0.5) is 0 Å². The molecule has 0 radical (unpaired) electrons. The Morgan fingerprint density at radius 1 is 1.04 bits per heavy atom. The molecular weight excluding hydrogens is 288 g/mol. The fourth-order valence-electron chi connectivity index (χ4n) is 3.11. The van der Waals surface area contributed by atoms with Gasteiger partial charge in [-0.2, -0.15) is 0 Å². The molecule has 1 aliphatic rings. The summed E-state index contributed by atoms with van der Waals surface area (Å²) in [5.41, 5.74) is 2.46. The van der Waals surface area contributed by atoms with Crippen LogP contribution in [0.25, 0.3) is 0 Å². The molecule has 1 aliphatic heterocycles. The van der Waals surface area contributed by atoms with E-state index >= 15 is 0 Å². The highest BCUT2D eigenvalue weighted by molar-refractivity contribution is 5.93. The Morgan fingerprint density at radius 2 is 1.65 bits per heavy atom. The van der Waals surface area contributed by atoms with Crippen LogP contribution in [-0.2, 0) is 16.0 Å². The molecule has 0 amide bonds. The first-order valence-corrected chi connectivity index (χ1v) is 7.93. The van der Waals surface area contributed by atoms with E-state index in [9.17, 15) is 9.90 Å². The van der Waals surface area contributed by atoms with Crippen molar-refractivity contribution in [3.05, 3.63) is 83.1 Å². The topological polar surface area (TPSA) is 46.5 Å². The van der Waals surface area contributed by atoms with Gasteiger partial charge in [0.15, 0.2) is 6.10 Å². The molecule has 23 heavy (non-hydrogen) atoms. The van der Waals surface area contributed by atoms with E-state index in [1.807, 2.05) is 67.6 Å². The number of aliphatic hydroxyl groups is 1. The van der Waals surface area contributed by atoms with Crippen molar-refractivity contribution in [3.8, 4) is 0 Å². The summed E-state index contributed by atoms with van der Waals surface area (Å²) in [4.78, 5) is 12.3. The molecule has 3 rings (SSSR count). The summed E-state index contributed by atoms with van der Waals surface area (Å²) in [5, 5.41) is 10.6. The second-order valence-electron chi connectivity index (χ2n) is 5.75. The van der Waals surface area contributed by atoms with Crippen molar-refractivity contribution in [2.75, 3.05) is 0 Å². The average molecular weight is 308 g/mol. The summed E-state index contributed by atoms with van der Waals surface area (Å²) in [7, 11) is 0. The molecule has 1 N–H and O–H groups in total. The second-order valence-corrected chi connectivity index (χ2v) is 5.75. The lowest BCUT2D eigenvalue weighted by molar-refractivity contribution is -0.140. The van der Waals surface area contributed by atoms with Gasteiger partial charge >= 0.3 is 5.97 Å². The summed E-state index contributed by atoms with van der Waals surface area (Å²) >= 11 is 0. The van der Waals surface area contributed by atoms with Crippen LogP contribution in [-0.4, -0.2) is 17.2 Å². The van der Waals surface area contributed by atoms with Gasteiger partial charge in [-0.15, -0.1) is 0 Å². The van der Waals surface area contributed by atoms with Crippen LogP contribution in [0.1, 0.15) is 30.4 Å². The van der Waals surface area contributed by atoms with E-state index in [-0.39, 0.29) is 11.7 Å². The highest BCUT2D eigenvalue weighted by atomic mass is 16.6. The molecule has 3 heteroatoms. The predicted molar refractivity (Wildman–Crippen MR) is 89.2 cm³/mol. The van der Waals surface area contributed by atoms with Crippen molar-refractivity contribution in [1.82, 2.24) is 0 Å². The highest BCUT2D eigenvalue weighted by Gasteiger charge is 2.38. The van der Waals surface area contributed by atoms with Gasteiger partial charge < -0.3 is 9.84 Å². The quantitative estimate of drug-likeness (QED) is 0.844. The van der Waals surface area contributed by atoms with E-state index < -0.39 is 12.1 Å². The molecule has 2 unspecified atom stereocenters. The first-order chi connectivity index (χ1) is 11.2. The van der Waals surface area contributed by atoms with Gasteiger partial charge in [0.05, 0.1) is 5.57 Å². The van der Waals surface area contributed by atoms with E-state index in [1.54, 1.807) is 0 Å².